The van der Waals surface area contributed by atoms with Gasteiger partial charge in [0.25, 0.3) is 0 Å². The van der Waals surface area contributed by atoms with Crippen molar-refractivity contribution < 1.29 is 9.47 Å². The molecule has 1 heterocycles. The Bertz CT molecular complexity index is 128. The first kappa shape index (κ1) is 10.4. The Morgan fingerprint density at radius 1 is 1.50 bits per heavy atom. The van der Waals surface area contributed by atoms with E-state index in [4.69, 9.17) is 9.47 Å². The minimum atomic E-state index is 0.412. The van der Waals surface area contributed by atoms with E-state index >= 15 is 0 Å². The Labute approximate surface area is 79.0 Å². The van der Waals surface area contributed by atoms with Crippen molar-refractivity contribution in [3.63, 3.8) is 0 Å². The zero-order valence-corrected chi connectivity index (χ0v) is 8.89. The molecule has 0 amide bonds. The van der Waals surface area contributed by atoms with Gasteiger partial charge in [-0.05, 0) is 18.1 Å². The third-order valence-corrected chi connectivity index (χ3v) is 3.84. The fourth-order valence-corrected chi connectivity index (χ4v) is 3.00. The van der Waals surface area contributed by atoms with Crippen LogP contribution in [0.15, 0.2) is 0 Å². The van der Waals surface area contributed by atoms with Crippen LogP contribution in [0.4, 0.5) is 0 Å². The van der Waals surface area contributed by atoms with E-state index in [0.717, 1.165) is 0 Å². The number of hydrogen-bond donors (Lipinski definition) is 0. The van der Waals surface area contributed by atoms with Crippen molar-refractivity contribution in [2.24, 2.45) is 5.92 Å². The van der Waals surface area contributed by atoms with Gasteiger partial charge in [0.15, 0.2) is 0 Å². The Morgan fingerprint density at radius 3 is 2.83 bits per heavy atom. The molecule has 0 N–H and O–H groups in total. The maximum absolute atomic E-state index is 5.58. The summed E-state index contributed by atoms with van der Waals surface area (Å²) in [6.07, 6.45) is 1.59. The van der Waals surface area contributed by atoms with Crippen molar-refractivity contribution in [3.8, 4) is 0 Å². The molecular formula is C9H18O2S. The summed E-state index contributed by atoms with van der Waals surface area (Å²) in [6, 6.07) is 0. The van der Waals surface area contributed by atoms with Crippen LogP contribution in [0, 0.1) is 5.92 Å². The van der Waals surface area contributed by atoms with Crippen molar-refractivity contribution in [2.45, 2.75) is 31.6 Å². The SMILES string of the molecule is COCO[C@@H]1CCS[C@@H]1C(C)C. The zero-order valence-electron chi connectivity index (χ0n) is 8.08. The van der Waals surface area contributed by atoms with Crippen LogP contribution < -0.4 is 0 Å². The molecule has 3 heteroatoms. The molecule has 2 atom stereocenters. The number of hydrogen-bond acceptors (Lipinski definition) is 3. The number of methoxy groups -OCH3 is 1. The lowest BCUT2D eigenvalue weighted by Crippen LogP contribution is -2.26. The minimum absolute atomic E-state index is 0.412. The monoisotopic (exact) mass is 190 g/mol. The first-order valence-electron chi connectivity index (χ1n) is 4.48. The first-order chi connectivity index (χ1) is 5.75. The van der Waals surface area contributed by atoms with Crippen molar-refractivity contribution in [1.82, 2.24) is 0 Å². The third kappa shape index (κ3) is 2.64. The molecule has 0 bridgehead atoms. The van der Waals surface area contributed by atoms with E-state index in [-0.39, 0.29) is 0 Å². The molecule has 1 saturated heterocycles. The summed E-state index contributed by atoms with van der Waals surface area (Å²) in [7, 11) is 1.67. The molecule has 0 aromatic heterocycles. The third-order valence-electron chi connectivity index (χ3n) is 2.14. The number of rotatable bonds is 4. The molecular weight excluding hydrogens is 172 g/mol. The van der Waals surface area contributed by atoms with E-state index in [1.165, 1.54) is 12.2 Å². The number of thioether (sulfide) groups is 1. The molecule has 12 heavy (non-hydrogen) atoms. The molecule has 1 aliphatic heterocycles. The molecule has 1 aliphatic rings. The second-order valence-corrected chi connectivity index (χ2v) is 4.77. The normalized spacial score (nSPS) is 30.0. The lowest BCUT2D eigenvalue weighted by atomic mass is 10.0. The van der Waals surface area contributed by atoms with Crippen LogP contribution in [0.1, 0.15) is 20.3 Å². The predicted molar refractivity (Wildman–Crippen MR) is 52.5 cm³/mol. The van der Waals surface area contributed by atoms with Crippen LogP contribution in [0.25, 0.3) is 0 Å². The second-order valence-electron chi connectivity index (χ2n) is 3.48. The molecule has 2 nitrogen and oxygen atoms in total. The highest BCUT2D eigenvalue weighted by atomic mass is 32.2. The van der Waals surface area contributed by atoms with E-state index in [2.05, 4.69) is 13.8 Å². The molecule has 0 unspecified atom stereocenters. The van der Waals surface area contributed by atoms with Gasteiger partial charge in [0, 0.05) is 12.4 Å². The smallest absolute Gasteiger partial charge is 0.146 e. The Balaban J connectivity index is 2.30. The van der Waals surface area contributed by atoms with Gasteiger partial charge in [-0.3, -0.25) is 0 Å². The Hall–Kier alpha value is 0.270. The summed E-state index contributed by atoms with van der Waals surface area (Å²) >= 11 is 2.03. The summed E-state index contributed by atoms with van der Waals surface area (Å²) in [6.45, 7) is 4.95. The molecule has 72 valence electrons. The molecule has 0 spiro atoms. The fraction of sp³-hybridized carbons (Fsp3) is 1.00. The summed E-state index contributed by atoms with van der Waals surface area (Å²) in [5, 5.41) is 0.667. The van der Waals surface area contributed by atoms with Gasteiger partial charge in [0.1, 0.15) is 6.79 Å². The van der Waals surface area contributed by atoms with E-state index < -0.39 is 0 Å². The highest BCUT2D eigenvalue weighted by Gasteiger charge is 2.30. The molecule has 0 aromatic rings. The molecule has 0 radical (unpaired) electrons. The first-order valence-corrected chi connectivity index (χ1v) is 5.52. The highest BCUT2D eigenvalue weighted by molar-refractivity contribution is 8.00. The van der Waals surface area contributed by atoms with E-state index in [1.807, 2.05) is 11.8 Å². The van der Waals surface area contributed by atoms with Gasteiger partial charge >= 0.3 is 0 Å². The van der Waals surface area contributed by atoms with Crippen LogP contribution in [-0.2, 0) is 9.47 Å². The van der Waals surface area contributed by atoms with Crippen LogP contribution in [-0.4, -0.2) is 31.0 Å². The van der Waals surface area contributed by atoms with Gasteiger partial charge in [0.2, 0.25) is 0 Å². The van der Waals surface area contributed by atoms with Gasteiger partial charge in [0.05, 0.1) is 6.10 Å². The average Bonchev–Trinajstić information content (AvgIpc) is 2.48. The van der Waals surface area contributed by atoms with E-state index in [9.17, 15) is 0 Å². The van der Waals surface area contributed by atoms with Crippen molar-refractivity contribution >= 4 is 11.8 Å². The minimum Gasteiger partial charge on any atom is -0.359 e. The van der Waals surface area contributed by atoms with Crippen LogP contribution in [0.3, 0.4) is 0 Å². The van der Waals surface area contributed by atoms with Crippen molar-refractivity contribution in [1.29, 1.82) is 0 Å². The molecule has 1 rings (SSSR count). The largest absolute Gasteiger partial charge is 0.359 e. The fourth-order valence-electron chi connectivity index (χ4n) is 1.55. The Morgan fingerprint density at radius 2 is 2.25 bits per heavy atom. The standard InChI is InChI=1S/C9H18O2S/c1-7(2)9-8(4-5-12-9)11-6-10-3/h7-9H,4-6H2,1-3H3/t8-,9-/m1/s1. The van der Waals surface area contributed by atoms with Crippen molar-refractivity contribution in [2.75, 3.05) is 19.7 Å². The zero-order chi connectivity index (χ0) is 8.97. The topological polar surface area (TPSA) is 18.5 Å². The number of ether oxygens (including phenoxy) is 2. The van der Waals surface area contributed by atoms with Gasteiger partial charge in [-0.1, -0.05) is 13.8 Å². The maximum atomic E-state index is 5.58. The summed E-state index contributed by atoms with van der Waals surface area (Å²) in [4.78, 5) is 0. The van der Waals surface area contributed by atoms with Gasteiger partial charge < -0.3 is 9.47 Å². The molecule has 0 aromatic carbocycles. The van der Waals surface area contributed by atoms with Crippen LogP contribution in [0.5, 0.6) is 0 Å². The molecule has 1 fully saturated rings. The predicted octanol–water partition coefficient (Wildman–Crippen LogP) is 2.14. The quantitative estimate of drug-likeness (QED) is 0.633. The summed E-state index contributed by atoms with van der Waals surface area (Å²) in [5.41, 5.74) is 0. The van der Waals surface area contributed by atoms with Gasteiger partial charge in [-0.2, -0.15) is 11.8 Å². The summed E-state index contributed by atoms with van der Waals surface area (Å²) < 4.78 is 10.5. The second kappa shape index (κ2) is 5.10. The van der Waals surface area contributed by atoms with Crippen LogP contribution in [0.2, 0.25) is 0 Å². The highest BCUT2D eigenvalue weighted by Crippen LogP contribution is 2.33. The maximum Gasteiger partial charge on any atom is 0.146 e. The molecule has 0 aliphatic carbocycles. The molecule has 0 saturated carbocycles. The van der Waals surface area contributed by atoms with Crippen molar-refractivity contribution in [3.05, 3.63) is 0 Å². The van der Waals surface area contributed by atoms with E-state index in [0.29, 0.717) is 24.1 Å². The van der Waals surface area contributed by atoms with E-state index in [1.54, 1.807) is 7.11 Å². The average molecular weight is 190 g/mol. The van der Waals surface area contributed by atoms with Gasteiger partial charge in [-0.15, -0.1) is 0 Å². The van der Waals surface area contributed by atoms with Gasteiger partial charge in [-0.25, -0.2) is 0 Å². The lowest BCUT2D eigenvalue weighted by molar-refractivity contribution is -0.0730. The Kier molecular flexibility index (Phi) is 4.40. The lowest BCUT2D eigenvalue weighted by Gasteiger charge is -2.21. The summed E-state index contributed by atoms with van der Waals surface area (Å²) in [5.74, 6) is 1.94. The van der Waals surface area contributed by atoms with Crippen LogP contribution >= 0.6 is 11.8 Å².